The minimum atomic E-state index is -0.350. The zero-order valence-corrected chi connectivity index (χ0v) is 20.1. The van der Waals surface area contributed by atoms with Gasteiger partial charge in [-0.25, -0.2) is 4.98 Å². The van der Waals surface area contributed by atoms with Crippen molar-refractivity contribution in [2.75, 3.05) is 19.6 Å². The number of nitrogens with two attached hydrogens (primary N) is 1. The molecule has 0 radical (unpaired) electrons. The maximum absolute atomic E-state index is 12.1. The number of fused-ring (bicyclic) bond motifs is 1. The summed E-state index contributed by atoms with van der Waals surface area (Å²) in [5, 5.41) is 0. The number of piperidine rings is 1. The Morgan fingerprint density at radius 1 is 1.00 bits per heavy atom. The SMILES string of the molecule is CC(C)CCc1cc(C(N)=O)cc2c1nc(CCC(C)C)n2CCCN1CCCCC1. The van der Waals surface area contributed by atoms with Gasteiger partial charge in [0, 0.05) is 18.5 Å². The van der Waals surface area contributed by atoms with Crippen LogP contribution in [-0.4, -0.2) is 40.0 Å². The second kappa shape index (κ2) is 11.1. The molecule has 0 atom stereocenters. The van der Waals surface area contributed by atoms with E-state index in [4.69, 9.17) is 10.7 Å². The van der Waals surface area contributed by atoms with E-state index in [0.29, 0.717) is 17.4 Å². The smallest absolute Gasteiger partial charge is 0.248 e. The van der Waals surface area contributed by atoms with E-state index >= 15 is 0 Å². The lowest BCUT2D eigenvalue weighted by Crippen LogP contribution is -2.31. The molecule has 2 aromatic rings. The third kappa shape index (κ3) is 6.55. The van der Waals surface area contributed by atoms with Crippen LogP contribution >= 0.6 is 0 Å². The average molecular weight is 427 g/mol. The summed E-state index contributed by atoms with van der Waals surface area (Å²) in [6.07, 6.45) is 9.26. The molecule has 1 amide bonds. The highest BCUT2D eigenvalue weighted by atomic mass is 16.1. The van der Waals surface area contributed by atoms with E-state index in [1.807, 2.05) is 12.1 Å². The van der Waals surface area contributed by atoms with Crippen LogP contribution in [0.1, 0.15) is 88.0 Å². The first-order valence-corrected chi connectivity index (χ1v) is 12.4. The predicted octanol–water partition coefficient (Wildman–Crippen LogP) is 5.19. The van der Waals surface area contributed by atoms with Crippen molar-refractivity contribution >= 4 is 16.9 Å². The number of nitrogens with zero attached hydrogens (tertiary/aromatic N) is 3. The molecule has 3 rings (SSSR count). The van der Waals surface area contributed by atoms with E-state index < -0.39 is 0 Å². The van der Waals surface area contributed by atoms with Gasteiger partial charge in [-0.3, -0.25) is 4.79 Å². The Hall–Kier alpha value is -1.88. The van der Waals surface area contributed by atoms with Crippen LogP contribution in [-0.2, 0) is 19.4 Å². The number of amides is 1. The summed E-state index contributed by atoms with van der Waals surface area (Å²) >= 11 is 0. The molecule has 172 valence electrons. The van der Waals surface area contributed by atoms with Gasteiger partial charge in [-0.15, -0.1) is 0 Å². The molecular weight excluding hydrogens is 384 g/mol. The van der Waals surface area contributed by atoms with Crippen LogP contribution in [0.3, 0.4) is 0 Å². The molecule has 1 fully saturated rings. The van der Waals surface area contributed by atoms with Crippen molar-refractivity contribution < 1.29 is 4.79 Å². The summed E-state index contributed by atoms with van der Waals surface area (Å²) in [6, 6.07) is 3.95. The summed E-state index contributed by atoms with van der Waals surface area (Å²) in [4.78, 5) is 19.8. The monoisotopic (exact) mass is 426 g/mol. The van der Waals surface area contributed by atoms with Gasteiger partial charge in [0.25, 0.3) is 0 Å². The van der Waals surface area contributed by atoms with Crippen LogP contribution < -0.4 is 5.73 Å². The minimum absolute atomic E-state index is 0.350. The van der Waals surface area contributed by atoms with Crippen LogP contribution in [0.15, 0.2) is 12.1 Å². The molecule has 1 aromatic carbocycles. The van der Waals surface area contributed by atoms with Gasteiger partial charge in [-0.2, -0.15) is 0 Å². The lowest BCUT2D eigenvalue weighted by Gasteiger charge is -2.26. The number of hydrogen-bond donors (Lipinski definition) is 1. The molecule has 5 heteroatoms. The molecule has 0 bridgehead atoms. The van der Waals surface area contributed by atoms with Crippen molar-refractivity contribution in [1.29, 1.82) is 0 Å². The van der Waals surface area contributed by atoms with Gasteiger partial charge in [0.15, 0.2) is 0 Å². The Morgan fingerprint density at radius 2 is 1.68 bits per heavy atom. The van der Waals surface area contributed by atoms with E-state index in [1.54, 1.807) is 0 Å². The number of benzene rings is 1. The van der Waals surface area contributed by atoms with Crippen LogP contribution in [0, 0.1) is 11.8 Å². The summed E-state index contributed by atoms with van der Waals surface area (Å²) in [5.74, 6) is 2.06. The molecule has 0 aliphatic carbocycles. The van der Waals surface area contributed by atoms with E-state index in [0.717, 1.165) is 62.1 Å². The molecule has 1 aliphatic rings. The number of likely N-dealkylation sites (tertiary alicyclic amines) is 1. The second-order valence-electron chi connectivity index (χ2n) is 10.2. The number of rotatable bonds is 11. The Labute approximate surface area is 188 Å². The van der Waals surface area contributed by atoms with Gasteiger partial charge in [0.2, 0.25) is 5.91 Å². The molecular formula is C26H42N4O. The predicted molar refractivity (Wildman–Crippen MR) is 129 cm³/mol. The summed E-state index contributed by atoms with van der Waals surface area (Å²) in [7, 11) is 0. The number of hydrogen-bond acceptors (Lipinski definition) is 3. The maximum atomic E-state index is 12.1. The molecule has 0 spiro atoms. The highest BCUT2D eigenvalue weighted by molar-refractivity contribution is 5.97. The highest BCUT2D eigenvalue weighted by Crippen LogP contribution is 2.26. The zero-order chi connectivity index (χ0) is 22.4. The van der Waals surface area contributed by atoms with E-state index in [2.05, 4.69) is 37.2 Å². The van der Waals surface area contributed by atoms with E-state index in [9.17, 15) is 4.79 Å². The molecule has 0 saturated carbocycles. The Balaban J connectivity index is 1.92. The van der Waals surface area contributed by atoms with Crippen LogP contribution in [0.5, 0.6) is 0 Å². The van der Waals surface area contributed by atoms with Gasteiger partial charge >= 0.3 is 0 Å². The minimum Gasteiger partial charge on any atom is -0.366 e. The van der Waals surface area contributed by atoms with Crippen LogP contribution in [0.2, 0.25) is 0 Å². The highest BCUT2D eigenvalue weighted by Gasteiger charge is 2.18. The van der Waals surface area contributed by atoms with Crippen molar-refractivity contribution in [3.8, 4) is 0 Å². The van der Waals surface area contributed by atoms with E-state index in [-0.39, 0.29) is 5.91 Å². The number of aromatic nitrogens is 2. The zero-order valence-electron chi connectivity index (χ0n) is 20.1. The average Bonchev–Trinajstić information content (AvgIpc) is 3.08. The summed E-state index contributed by atoms with van der Waals surface area (Å²) in [6.45, 7) is 13.6. The van der Waals surface area contributed by atoms with Gasteiger partial charge < -0.3 is 15.2 Å². The van der Waals surface area contributed by atoms with Gasteiger partial charge in [-0.1, -0.05) is 34.1 Å². The quantitative estimate of drug-likeness (QED) is 0.538. The van der Waals surface area contributed by atoms with Crippen LogP contribution in [0.25, 0.3) is 11.0 Å². The standard InChI is InChI=1S/C26H42N4O/c1-19(2)9-11-21-17-22(26(27)31)18-23-25(21)28-24(12-10-20(3)4)30(23)16-8-15-29-13-6-5-7-14-29/h17-20H,5-16H2,1-4H3,(H2,27,31). The van der Waals surface area contributed by atoms with Crippen molar-refractivity contribution in [2.45, 2.75) is 85.6 Å². The largest absolute Gasteiger partial charge is 0.366 e. The van der Waals surface area contributed by atoms with Gasteiger partial charge in [-0.05, 0) is 87.7 Å². The number of imidazole rings is 1. The molecule has 1 saturated heterocycles. The third-order valence-electron chi connectivity index (χ3n) is 6.54. The first kappa shape index (κ1) is 23.8. The fourth-order valence-corrected chi connectivity index (χ4v) is 4.61. The summed E-state index contributed by atoms with van der Waals surface area (Å²) in [5.41, 5.74) is 9.65. The maximum Gasteiger partial charge on any atom is 0.248 e. The van der Waals surface area contributed by atoms with E-state index in [1.165, 1.54) is 37.9 Å². The number of carbonyl (C=O) groups is 1. The molecule has 5 nitrogen and oxygen atoms in total. The Morgan fingerprint density at radius 3 is 2.32 bits per heavy atom. The van der Waals surface area contributed by atoms with Crippen molar-refractivity contribution in [2.24, 2.45) is 17.6 Å². The third-order valence-corrected chi connectivity index (χ3v) is 6.54. The van der Waals surface area contributed by atoms with Crippen molar-refractivity contribution in [3.05, 3.63) is 29.1 Å². The lowest BCUT2D eigenvalue weighted by molar-refractivity contribution is 0.100. The molecule has 1 aliphatic heterocycles. The lowest BCUT2D eigenvalue weighted by atomic mass is 9.99. The molecule has 1 aromatic heterocycles. The number of aryl methyl sites for hydroxylation is 3. The first-order chi connectivity index (χ1) is 14.8. The topological polar surface area (TPSA) is 64.2 Å². The molecule has 31 heavy (non-hydrogen) atoms. The first-order valence-electron chi connectivity index (χ1n) is 12.4. The van der Waals surface area contributed by atoms with Crippen molar-refractivity contribution in [1.82, 2.24) is 14.5 Å². The fourth-order valence-electron chi connectivity index (χ4n) is 4.61. The summed E-state index contributed by atoms with van der Waals surface area (Å²) < 4.78 is 2.38. The van der Waals surface area contributed by atoms with Gasteiger partial charge in [0.1, 0.15) is 5.82 Å². The Kier molecular flexibility index (Phi) is 8.53. The molecule has 2 heterocycles. The Bertz CT molecular complexity index is 862. The normalized spacial score (nSPS) is 15.4. The second-order valence-corrected chi connectivity index (χ2v) is 10.2. The van der Waals surface area contributed by atoms with Gasteiger partial charge in [0.05, 0.1) is 11.0 Å². The molecule has 0 unspecified atom stereocenters. The molecule has 2 N–H and O–H groups in total. The number of carbonyl (C=O) groups excluding carboxylic acids is 1. The van der Waals surface area contributed by atoms with Crippen LogP contribution in [0.4, 0.5) is 0 Å². The number of primary amides is 1. The fraction of sp³-hybridized carbons (Fsp3) is 0.692. The van der Waals surface area contributed by atoms with Crippen molar-refractivity contribution in [3.63, 3.8) is 0 Å².